The number of Topliss-reactive ketones (excluding diaryl/α,β-unsaturated/α-hetero) is 2. The van der Waals surface area contributed by atoms with E-state index in [1.165, 1.54) is 4.90 Å². The number of nitrogens with one attached hydrogen (secondary N) is 1. The summed E-state index contributed by atoms with van der Waals surface area (Å²) in [5, 5.41) is 3.39. The quantitative estimate of drug-likeness (QED) is 0.0421. The van der Waals surface area contributed by atoms with Crippen LogP contribution in [0.3, 0.4) is 0 Å². The van der Waals surface area contributed by atoms with Crippen LogP contribution in [0.4, 0.5) is 4.79 Å². The number of aliphatic imine (C=N–C) groups is 1. The molecule has 4 atom stereocenters. The van der Waals surface area contributed by atoms with Crippen molar-refractivity contribution in [2.24, 2.45) is 22.4 Å². The monoisotopic (exact) mass is 868 g/mol. The van der Waals surface area contributed by atoms with Crippen LogP contribution in [0.5, 0.6) is 0 Å². The summed E-state index contributed by atoms with van der Waals surface area (Å²) in [4.78, 5) is 67.3. The Morgan fingerprint density at radius 2 is 1.43 bits per heavy atom. The van der Waals surface area contributed by atoms with Gasteiger partial charge in [-0.25, -0.2) is 14.8 Å². The van der Waals surface area contributed by atoms with Gasteiger partial charge in [-0.1, -0.05) is 121 Å². The number of ketones is 2. The molecule has 1 aliphatic rings. The Kier molecular flexibility index (Phi) is 15.0. The molecule has 14 heteroatoms. The second-order valence-corrected chi connectivity index (χ2v) is 16.0. The Bertz CT molecular complexity index is 2480. The Labute approximate surface area is 370 Å². The van der Waals surface area contributed by atoms with Crippen LogP contribution in [0.1, 0.15) is 57.8 Å². The molecule has 7 rings (SSSR count). The number of fused-ring (bicyclic) bond motifs is 1. The van der Waals surface area contributed by atoms with E-state index in [1.54, 1.807) is 36.4 Å². The van der Waals surface area contributed by atoms with Gasteiger partial charge in [0, 0.05) is 30.3 Å². The van der Waals surface area contributed by atoms with Gasteiger partial charge in [-0.05, 0) is 71.3 Å². The van der Waals surface area contributed by atoms with E-state index in [4.69, 9.17) is 37.0 Å². The second kappa shape index (κ2) is 21.3. The van der Waals surface area contributed by atoms with E-state index >= 15 is 0 Å². The Hall–Kier alpha value is -6.83. The molecule has 5 N–H and O–H groups in total. The third-order valence-electron chi connectivity index (χ3n) is 11.0. The second-order valence-electron chi connectivity index (χ2n) is 15.6. The molecule has 13 nitrogen and oxygen atoms in total. The summed E-state index contributed by atoms with van der Waals surface area (Å²) in [5.41, 5.74) is 16.3. The minimum atomic E-state index is -1.05. The largest absolute Gasteiger partial charge is 0.445 e. The number of para-hydroxylation sites is 2. The number of hydrogen-bond acceptors (Lipinski definition) is 9. The molecule has 2 amide bonds. The molecule has 2 heterocycles. The maximum atomic E-state index is 14.8. The normalized spacial score (nSPS) is 15.7. The van der Waals surface area contributed by atoms with Crippen molar-refractivity contribution in [1.29, 1.82) is 0 Å². The lowest BCUT2D eigenvalue weighted by Gasteiger charge is -2.29. The van der Waals surface area contributed by atoms with E-state index in [0.717, 1.165) is 27.8 Å². The zero-order valence-electron chi connectivity index (χ0n) is 34.6. The first-order chi connectivity index (χ1) is 30.6. The van der Waals surface area contributed by atoms with E-state index in [0.29, 0.717) is 22.5 Å². The maximum Gasteiger partial charge on any atom is 0.408 e. The van der Waals surface area contributed by atoms with E-state index < -0.39 is 41.9 Å². The van der Waals surface area contributed by atoms with Crippen molar-refractivity contribution in [1.82, 2.24) is 15.2 Å². The number of aryl methyl sites for hydroxylation is 1. The van der Waals surface area contributed by atoms with Gasteiger partial charge in [0.05, 0.1) is 25.3 Å². The lowest BCUT2D eigenvalue weighted by molar-refractivity contribution is -0.139. The SMILES string of the molecule is NC(N)=NCc1ccc(C[C@H](CC(=O)[C@@H]2C[C@@H](OCc3ccc(Cl)cc3)CN2C(=O)[C@@H](CCc2ccccc2)NC(=O)OCc2ccccc2)C(=O)c2nc3ccccc3o2)cc1. The molecular weight excluding hydrogens is 820 g/mol. The van der Waals surface area contributed by atoms with Crippen molar-refractivity contribution < 1.29 is 33.1 Å². The van der Waals surface area contributed by atoms with E-state index in [9.17, 15) is 19.2 Å². The van der Waals surface area contributed by atoms with E-state index in [2.05, 4.69) is 15.3 Å². The Morgan fingerprint density at radius 1 is 0.794 bits per heavy atom. The highest BCUT2D eigenvalue weighted by Crippen LogP contribution is 2.29. The number of oxazole rings is 1. The fraction of sp³-hybridized carbons (Fsp3) is 0.265. The molecule has 0 unspecified atom stereocenters. The lowest BCUT2D eigenvalue weighted by atomic mass is 9.87. The van der Waals surface area contributed by atoms with Crippen LogP contribution in [0, 0.1) is 5.92 Å². The van der Waals surface area contributed by atoms with Gasteiger partial charge >= 0.3 is 6.09 Å². The molecule has 1 aliphatic heterocycles. The maximum absolute atomic E-state index is 14.8. The number of likely N-dealkylation sites (tertiary alicyclic amines) is 1. The minimum absolute atomic E-state index is 0.00616. The molecule has 63 heavy (non-hydrogen) atoms. The molecule has 5 aromatic carbocycles. The number of alkyl carbamates (subject to hydrolysis) is 1. The number of nitrogens with two attached hydrogens (primary N) is 2. The van der Waals surface area contributed by atoms with Gasteiger partial charge in [0.15, 0.2) is 17.3 Å². The van der Waals surface area contributed by atoms with Crippen LogP contribution >= 0.6 is 11.6 Å². The van der Waals surface area contributed by atoms with Crippen LogP contribution in [-0.2, 0) is 51.7 Å². The number of aromatic nitrogens is 1. The third-order valence-corrected chi connectivity index (χ3v) is 11.2. The summed E-state index contributed by atoms with van der Waals surface area (Å²) >= 11 is 6.12. The number of rotatable bonds is 19. The molecule has 6 aromatic rings. The highest BCUT2D eigenvalue weighted by Gasteiger charge is 2.43. The van der Waals surface area contributed by atoms with Crippen molar-refractivity contribution in [3.8, 4) is 0 Å². The molecule has 0 spiro atoms. The number of guanidine groups is 1. The predicted octanol–water partition coefficient (Wildman–Crippen LogP) is 7.37. The summed E-state index contributed by atoms with van der Waals surface area (Å²) < 4.78 is 17.8. The Balaban J connectivity index is 1.15. The van der Waals surface area contributed by atoms with Crippen LogP contribution in [0.2, 0.25) is 5.02 Å². The highest BCUT2D eigenvalue weighted by molar-refractivity contribution is 6.30. The van der Waals surface area contributed by atoms with Gasteiger partial charge in [0.2, 0.25) is 11.7 Å². The lowest BCUT2D eigenvalue weighted by Crippen LogP contribution is -2.52. The van der Waals surface area contributed by atoms with Crippen molar-refractivity contribution in [2.75, 3.05) is 6.54 Å². The molecule has 0 bridgehead atoms. The van der Waals surface area contributed by atoms with Crippen molar-refractivity contribution in [3.63, 3.8) is 0 Å². The van der Waals surface area contributed by atoms with Gasteiger partial charge in [-0.3, -0.25) is 14.4 Å². The number of carbonyl (C=O) groups excluding carboxylic acids is 4. The first kappa shape index (κ1) is 44.2. The summed E-state index contributed by atoms with van der Waals surface area (Å²) in [5.74, 6) is -2.29. The molecule has 0 radical (unpaired) electrons. The fourth-order valence-corrected chi connectivity index (χ4v) is 7.74. The van der Waals surface area contributed by atoms with E-state index in [1.807, 2.05) is 97.1 Å². The summed E-state index contributed by atoms with van der Waals surface area (Å²) in [6, 6.07) is 38.5. The predicted molar refractivity (Wildman–Crippen MR) is 240 cm³/mol. The van der Waals surface area contributed by atoms with Gasteiger partial charge in [-0.2, -0.15) is 0 Å². The topological polar surface area (TPSA) is 192 Å². The Morgan fingerprint density at radius 3 is 2.13 bits per heavy atom. The number of nitrogens with zero attached hydrogens (tertiary/aromatic N) is 3. The van der Waals surface area contributed by atoms with Crippen molar-refractivity contribution in [2.45, 2.75) is 70.1 Å². The highest BCUT2D eigenvalue weighted by atomic mass is 35.5. The summed E-state index contributed by atoms with van der Waals surface area (Å²) in [7, 11) is 0. The molecule has 1 aromatic heterocycles. The molecule has 0 aliphatic carbocycles. The molecule has 1 saturated heterocycles. The molecule has 324 valence electrons. The third kappa shape index (κ3) is 12.4. The number of carbonyl (C=O) groups is 4. The standard InChI is InChI=1S/C49H49ClN6O7/c50-38-22-19-36(20-23-38)30-61-39-27-42(56(29-39)47(59)41(24-21-32-9-3-1-4-10-32)55-49(60)62-31-35-11-5-2-6-12-35)43(57)26-37(25-33-15-17-34(18-16-33)28-53-48(51)52)45(58)46-54-40-13-7-8-14-44(40)63-46/h1-20,22-23,37,39,41-42H,21,24-31H2,(H,55,60)(H4,51,52,53)/t37-,39-,41-,42+/m1/s1. The van der Waals surface area contributed by atoms with Gasteiger partial charge < -0.3 is 35.6 Å². The average molecular weight is 869 g/mol. The zero-order valence-corrected chi connectivity index (χ0v) is 35.4. The van der Waals surface area contributed by atoms with Crippen LogP contribution < -0.4 is 16.8 Å². The first-order valence-electron chi connectivity index (χ1n) is 20.8. The van der Waals surface area contributed by atoms with E-state index in [-0.39, 0.29) is 69.6 Å². The summed E-state index contributed by atoms with van der Waals surface area (Å²) in [6.07, 6.45) is -0.492. The van der Waals surface area contributed by atoms with Crippen LogP contribution in [-0.4, -0.2) is 64.1 Å². The smallest absolute Gasteiger partial charge is 0.408 e. The number of hydrogen-bond donors (Lipinski definition) is 3. The van der Waals surface area contributed by atoms with Crippen LogP contribution in [0.25, 0.3) is 11.1 Å². The zero-order chi connectivity index (χ0) is 44.1. The van der Waals surface area contributed by atoms with Gasteiger partial charge in [0.25, 0.3) is 5.89 Å². The molecule has 0 saturated carbocycles. The minimum Gasteiger partial charge on any atom is -0.445 e. The number of halogens is 1. The van der Waals surface area contributed by atoms with Crippen molar-refractivity contribution >= 4 is 52.2 Å². The first-order valence-corrected chi connectivity index (χ1v) is 21.2. The van der Waals surface area contributed by atoms with Gasteiger partial charge in [-0.15, -0.1) is 0 Å². The van der Waals surface area contributed by atoms with Gasteiger partial charge in [0.1, 0.15) is 18.2 Å². The number of amides is 2. The van der Waals surface area contributed by atoms with Crippen molar-refractivity contribution in [3.05, 3.63) is 172 Å². The average Bonchev–Trinajstić information content (AvgIpc) is 3.95. The number of ether oxygens (including phenoxy) is 2. The summed E-state index contributed by atoms with van der Waals surface area (Å²) in [6.45, 7) is 0.577. The fourth-order valence-electron chi connectivity index (χ4n) is 7.62. The molecule has 1 fully saturated rings. The molecular formula is C49H49ClN6O7. The van der Waals surface area contributed by atoms with Crippen LogP contribution in [0.15, 0.2) is 143 Å². The number of benzene rings is 5.